The molecular formula is C13H18N4S. The van der Waals surface area contributed by atoms with Gasteiger partial charge < -0.3 is 10.2 Å². The second kappa shape index (κ2) is 6.47. The minimum Gasteiger partial charge on any atom is -0.344 e. The van der Waals surface area contributed by atoms with E-state index in [1.807, 2.05) is 31.6 Å². The lowest BCUT2D eigenvalue weighted by Gasteiger charge is -2.19. The molecule has 2 aromatic rings. The summed E-state index contributed by atoms with van der Waals surface area (Å²) in [4.78, 5) is 11.0. The van der Waals surface area contributed by atoms with Gasteiger partial charge in [0.05, 0.1) is 5.69 Å². The van der Waals surface area contributed by atoms with Crippen molar-refractivity contribution < 1.29 is 0 Å². The first-order chi connectivity index (χ1) is 8.83. The number of nitrogens with one attached hydrogen (secondary N) is 1. The predicted octanol–water partition coefficient (Wildman–Crippen LogP) is 2.28. The number of rotatable bonds is 6. The molecule has 0 aliphatic carbocycles. The average molecular weight is 262 g/mol. The normalized spacial score (nSPS) is 10.6. The zero-order valence-corrected chi connectivity index (χ0v) is 11.6. The van der Waals surface area contributed by atoms with Crippen LogP contribution in [0, 0.1) is 0 Å². The number of nitrogens with zero attached hydrogens (tertiary/aromatic N) is 3. The van der Waals surface area contributed by atoms with Crippen molar-refractivity contribution in [1.82, 2.24) is 15.3 Å². The van der Waals surface area contributed by atoms with E-state index in [2.05, 4.69) is 32.5 Å². The summed E-state index contributed by atoms with van der Waals surface area (Å²) in [6.07, 6.45) is 3.66. The van der Waals surface area contributed by atoms with Gasteiger partial charge in [-0.25, -0.2) is 4.98 Å². The number of hydrogen-bond donors (Lipinski definition) is 1. The van der Waals surface area contributed by atoms with E-state index in [9.17, 15) is 0 Å². The molecule has 2 heterocycles. The molecule has 18 heavy (non-hydrogen) atoms. The third-order valence-electron chi connectivity index (χ3n) is 2.67. The first kappa shape index (κ1) is 13.0. The third-order valence-corrected chi connectivity index (χ3v) is 3.62. The van der Waals surface area contributed by atoms with Gasteiger partial charge in [-0.3, -0.25) is 4.98 Å². The number of pyridine rings is 1. The van der Waals surface area contributed by atoms with Crippen LogP contribution in [-0.2, 0) is 13.1 Å². The molecule has 4 nitrogen and oxygen atoms in total. The van der Waals surface area contributed by atoms with Crippen molar-refractivity contribution in [1.29, 1.82) is 0 Å². The molecule has 0 saturated carbocycles. The van der Waals surface area contributed by atoms with Crippen LogP contribution in [0.5, 0.6) is 0 Å². The molecule has 2 rings (SSSR count). The fraction of sp³-hybridized carbons (Fsp3) is 0.385. The smallest absolute Gasteiger partial charge is 0.185 e. The van der Waals surface area contributed by atoms with Crippen molar-refractivity contribution in [2.24, 2.45) is 0 Å². The maximum absolute atomic E-state index is 4.63. The van der Waals surface area contributed by atoms with Crippen LogP contribution in [0.3, 0.4) is 0 Å². The van der Waals surface area contributed by atoms with E-state index in [1.165, 1.54) is 5.56 Å². The van der Waals surface area contributed by atoms with Gasteiger partial charge in [-0.15, -0.1) is 11.3 Å². The number of anilines is 1. The SMILES string of the molecule is CCN(Cc1ccncc1)c1nc(CNC)cs1. The Bertz CT molecular complexity index is 469. The Balaban J connectivity index is 2.08. The van der Waals surface area contributed by atoms with Crippen molar-refractivity contribution in [2.75, 3.05) is 18.5 Å². The molecule has 0 aromatic carbocycles. The minimum atomic E-state index is 0.823. The first-order valence-corrected chi connectivity index (χ1v) is 6.94. The lowest BCUT2D eigenvalue weighted by molar-refractivity contribution is 0.782. The summed E-state index contributed by atoms with van der Waals surface area (Å²) in [6.45, 7) is 4.81. The van der Waals surface area contributed by atoms with E-state index in [-0.39, 0.29) is 0 Å². The van der Waals surface area contributed by atoms with Gasteiger partial charge >= 0.3 is 0 Å². The van der Waals surface area contributed by atoms with Gasteiger partial charge in [-0.1, -0.05) is 0 Å². The summed E-state index contributed by atoms with van der Waals surface area (Å²) in [5.74, 6) is 0. The molecule has 0 amide bonds. The van der Waals surface area contributed by atoms with Gasteiger partial charge in [0.1, 0.15) is 0 Å². The number of thiazole rings is 1. The molecular weight excluding hydrogens is 244 g/mol. The molecule has 0 radical (unpaired) electrons. The largest absolute Gasteiger partial charge is 0.344 e. The molecule has 2 aromatic heterocycles. The van der Waals surface area contributed by atoms with Crippen LogP contribution in [-0.4, -0.2) is 23.6 Å². The Morgan fingerprint density at radius 2 is 2.11 bits per heavy atom. The molecule has 1 N–H and O–H groups in total. The Morgan fingerprint density at radius 1 is 1.33 bits per heavy atom. The molecule has 5 heteroatoms. The molecule has 0 fully saturated rings. The van der Waals surface area contributed by atoms with E-state index in [1.54, 1.807) is 11.3 Å². The van der Waals surface area contributed by atoms with Crippen molar-refractivity contribution in [2.45, 2.75) is 20.0 Å². The Kier molecular flexibility index (Phi) is 4.66. The molecule has 96 valence electrons. The van der Waals surface area contributed by atoms with Crippen molar-refractivity contribution in [3.05, 3.63) is 41.2 Å². The van der Waals surface area contributed by atoms with Crippen molar-refractivity contribution >= 4 is 16.5 Å². The van der Waals surface area contributed by atoms with Crippen LogP contribution < -0.4 is 10.2 Å². The van der Waals surface area contributed by atoms with Crippen molar-refractivity contribution in [3.63, 3.8) is 0 Å². The van der Waals surface area contributed by atoms with Crippen molar-refractivity contribution in [3.8, 4) is 0 Å². The summed E-state index contributed by atoms with van der Waals surface area (Å²) >= 11 is 1.70. The highest BCUT2D eigenvalue weighted by Gasteiger charge is 2.09. The molecule has 0 bridgehead atoms. The number of aromatic nitrogens is 2. The maximum Gasteiger partial charge on any atom is 0.185 e. The zero-order valence-electron chi connectivity index (χ0n) is 10.8. The predicted molar refractivity (Wildman–Crippen MR) is 75.8 cm³/mol. The van der Waals surface area contributed by atoms with Gasteiger partial charge in [0.25, 0.3) is 0 Å². The van der Waals surface area contributed by atoms with Crippen LogP contribution in [0.2, 0.25) is 0 Å². The second-order valence-corrected chi connectivity index (χ2v) is 4.86. The molecule has 0 saturated heterocycles. The highest BCUT2D eigenvalue weighted by atomic mass is 32.1. The summed E-state index contributed by atoms with van der Waals surface area (Å²) in [7, 11) is 1.94. The molecule has 0 spiro atoms. The van der Waals surface area contributed by atoms with Crippen LogP contribution in [0.1, 0.15) is 18.2 Å². The molecule has 0 aliphatic rings. The lowest BCUT2D eigenvalue weighted by atomic mass is 10.2. The summed E-state index contributed by atoms with van der Waals surface area (Å²) in [5, 5.41) is 6.32. The van der Waals surface area contributed by atoms with Gasteiger partial charge in [0, 0.05) is 37.4 Å². The Labute approximate surface area is 112 Å². The van der Waals surface area contributed by atoms with E-state index < -0.39 is 0 Å². The fourth-order valence-electron chi connectivity index (χ4n) is 1.73. The highest BCUT2D eigenvalue weighted by molar-refractivity contribution is 7.13. The first-order valence-electron chi connectivity index (χ1n) is 6.06. The molecule has 0 unspecified atom stereocenters. The standard InChI is InChI=1S/C13H18N4S/c1-3-17(9-11-4-6-15-7-5-11)13-16-12(8-14-2)10-18-13/h4-7,10,14H,3,8-9H2,1-2H3. The second-order valence-electron chi connectivity index (χ2n) is 4.02. The zero-order chi connectivity index (χ0) is 12.8. The van der Waals surface area contributed by atoms with Gasteiger partial charge in [0.2, 0.25) is 0 Å². The van der Waals surface area contributed by atoms with E-state index in [0.717, 1.165) is 30.5 Å². The van der Waals surface area contributed by atoms with Crippen LogP contribution in [0.15, 0.2) is 29.9 Å². The maximum atomic E-state index is 4.63. The molecule has 0 aliphatic heterocycles. The third kappa shape index (κ3) is 3.27. The quantitative estimate of drug-likeness (QED) is 0.867. The average Bonchev–Trinajstić information content (AvgIpc) is 2.86. The minimum absolute atomic E-state index is 0.823. The molecule has 0 atom stereocenters. The topological polar surface area (TPSA) is 41.1 Å². The van der Waals surface area contributed by atoms with Crippen LogP contribution >= 0.6 is 11.3 Å². The van der Waals surface area contributed by atoms with Gasteiger partial charge in [-0.05, 0) is 31.7 Å². The lowest BCUT2D eigenvalue weighted by Crippen LogP contribution is -2.22. The van der Waals surface area contributed by atoms with E-state index in [0.29, 0.717) is 0 Å². The van der Waals surface area contributed by atoms with E-state index >= 15 is 0 Å². The summed E-state index contributed by atoms with van der Waals surface area (Å²) in [5.41, 5.74) is 2.36. The van der Waals surface area contributed by atoms with Crippen LogP contribution in [0.25, 0.3) is 0 Å². The van der Waals surface area contributed by atoms with Crippen LogP contribution in [0.4, 0.5) is 5.13 Å². The van der Waals surface area contributed by atoms with Gasteiger partial charge in [0.15, 0.2) is 5.13 Å². The van der Waals surface area contributed by atoms with Gasteiger partial charge in [-0.2, -0.15) is 0 Å². The Hall–Kier alpha value is -1.46. The number of hydrogen-bond acceptors (Lipinski definition) is 5. The fourth-order valence-corrected chi connectivity index (χ4v) is 2.62. The monoisotopic (exact) mass is 262 g/mol. The Morgan fingerprint density at radius 3 is 2.78 bits per heavy atom. The highest BCUT2D eigenvalue weighted by Crippen LogP contribution is 2.22. The summed E-state index contributed by atoms with van der Waals surface area (Å²) < 4.78 is 0. The van der Waals surface area contributed by atoms with E-state index in [4.69, 9.17) is 0 Å². The summed E-state index contributed by atoms with van der Waals surface area (Å²) in [6, 6.07) is 4.09.